The lowest BCUT2D eigenvalue weighted by Gasteiger charge is -2.26. The molecule has 0 amide bonds. The van der Waals surface area contributed by atoms with Crippen molar-refractivity contribution in [1.82, 2.24) is 9.80 Å². The number of aliphatic carboxylic acids is 1. The summed E-state index contributed by atoms with van der Waals surface area (Å²) in [5, 5.41) is 8.78. The smallest absolute Gasteiger partial charge is 0.304 e. The summed E-state index contributed by atoms with van der Waals surface area (Å²) in [6.07, 6.45) is 0.244. The maximum atomic E-state index is 10.7. The van der Waals surface area contributed by atoms with Crippen LogP contribution < -0.4 is 0 Å². The van der Waals surface area contributed by atoms with Gasteiger partial charge in [0.2, 0.25) is 0 Å². The molecule has 1 fully saturated rings. The molecule has 2 unspecified atom stereocenters. The minimum Gasteiger partial charge on any atom is -0.481 e. The quantitative estimate of drug-likeness (QED) is 0.698. The van der Waals surface area contributed by atoms with Crippen molar-refractivity contribution in [3.8, 4) is 0 Å². The Labute approximate surface area is 85.5 Å². The van der Waals surface area contributed by atoms with Gasteiger partial charge in [-0.05, 0) is 20.0 Å². The van der Waals surface area contributed by atoms with E-state index in [2.05, 4.69) is 23.8 Å². The van der Waals surface area contributed by atoms with Crippen molar-refractivity contribution < 1.29 is 9.90 Å². The average Bonchev–Trinajstić information content (AvgIpc) is 2.10. The predicted molar refractivity (Wildman–Crippen MR) is 55.3 cm³/mol. The molecule has 82 valence electrons. The van der Waals surface area contributed by atoms with E-state index >= 15 is 0 Å². The summed E-state index contributed by atoms with van der Waals surface area (Å²) in [6.45, 7) is 5.10. The Morgan fingerprint density at radius 1 is 1.36 bits per heavy atom. The number of nitrogens with zero attached hydrogens (tertiary/aromatic N) is 2. The van der Waals surface area contributed by atoms with E-state index in [9.17, 15) is 4.79 Å². The van der Waals surface area contributed by atoms with Crippen molar-refractivity contribution in [1.29, 1.82) is 0 Å². The van der Waals surface area contributed by atoms with Gasteiger partial charge in [0.1, 0.15) is 0 Å². The largest absolute Gasteiger partial charge is 0.481 e. The number of hydrogen-bond donors (Lipinski definition) is 1. The lowest BCUT2D eigenvalue weighted by molar-refractivity contribution is -0.138. The van der Waals surface area contributed by atoms with Crippen molar-refractivity contribution in [3.63, 3.8) is 0 Å². The van der Waals surface area contributed by atoms with Crippen molar-refractivity contribution in [2.75, 3.05) is 33.7 Å². The van der Waals surface area contributed by atoms with E-state index < -0.39 is 5.97 Å². The van der Waals surface area contributed by atoms with Gasteiger partial charge in [-0.3, -0.25) is 4.79 Å². The molecule has 0 aromatic heterocycles. The van der Waals surface area contributed by atoms with Crippen LogP contribution in [0.1, 0.15) is 13.3 Å². The number of likely N-dealkylation sites (N-methyl/N-ethyl adjacent to an activating group) is 2. The fourth-order valence-corrected chi connectivity index (χ4v) is 2.23. The molecule has 0 aromatic rings. The number of carbonyl (C=O) groups is 1. The Morgan fingerprint density at radius 3 is 2.57 bits per heavy atom. The van der Waals surface area contributed by atoms with Crippen LogP contribution in [0.15, 0.2) is 0 Å². The first-order valence-electron chi connectivity index (χ1n) is 5.09. The highest BCUT2D eigenvalue weighted by Crippen LogP contribution is 2.13. The highest BCUT2D eigenvalue weighted by Gasteiger charge is 2.25. The fourth-order valence-electron chi connectivity index (χ4n) is 2.23. The number of carboxylic acid groups (broad SMARTS) is 1. The molecule has 1 heterocycles. The highest BCUT2D eigenvalue weighted by atomic mass is 16.4. The molecule has 1 aliphatic heterocycles. The van der Waals surface area contributed by atoms with Gasteiger partial charge in [0.25, 0.3) is 0 Å². The molecule has 0 aromatic carbocycles. The van der Waals surface area contributed by atoms with Gasteiger partial charge in [0.05, 0.1) is 6.42 Å². The summed E-state index contributed by atoms with van der Waals surface area (Å²) in [5.41, 5.74) is 0. The first-order chi connectivity index (χ1) is 6.49. The molecule has 1 aliphatic rings. The molecule has 1 saturated heterocycles. The second-order valence-corrected chi connectivity index (χ2v) is 4.52. The molecule has 0 saturated carbocycles. The molecule has 2 atom stereocenters. The molecule has 4 heteroatoms. The number of carboxylic acids is 1. The summed E-state index contributed by atoms with van der Waals surface area (Å²) >= 11 is 0. The Kier molecular flexibility index (Phi) is 3.89. The second kappa shape index (κ2) is 4.75. The topological polar surface area (TPSA) is 43.8 Å². The Balaban J connectivity index is 2.59. The standard InChI is InChI=1S/C10H20N2O2/c1-8-5-11(2)7-9(4-10(13)14)12(3)6-8/h8-9H,4-7H2,1-3H3,(H,13,14). The van der Waals surface area contributed by atoms with Crippen LogP contribution in [0.25, 0.3) is 0 Å². The number of hydrogen-bond acceptors (Lipinski definition) is 3. The monoisotopic (exact) mass is 200 g/mol. The van der Waals surface area contributed by atoms with Crippen LogP contribution in [0.5, 0.6) is 0 Å². The maximum Gasteiger partial charge on any atom is 0.304 e. The molecule has 0 bridgehead atoms. The lowest BCUT2D eigenvalue weighted by atomic mass is 10.1. The molecule has 1 N–H and O–H groups in total. The van der Waals surface area contributed by atoms with Gasteiger partial charge in [-0.2, -0.15) is 0 Å². The van der Waals surface area contributed by atoms with Crippen molar-refractivity contribution >= 4 is 5.97 Å². The predicted octanol–water partition coefficient (Wildman–Crippen LogP) is 0.343. The highest BCUT2D eigenvalue weighted by molar-refractivity contribution is 5.67. The Morgan fingerprint density at radius 2 is 2.00 bits per heavy atom. The first-order valence-corrected chi connectivity index (χ1v) is 5.09. The van der Waals surface area contributed by atoms with Gasteiger partial charge < -0.3 is 14.9 Å². The molecule has 0 aliphatic carbocycles. The number of rotatable bonds is 2. The second-order valence-electron chi connectivity index (χ2n) is 4.52. The van der Waals surface area contributed by atoms with E-state index in [0.717, 1.165) is 19.6 Å². The first kappa shape index (κ1) is 11.5. The zero-order valence-corrected chi connectivity index (χ0v) is 9.23. The van der Waals surface area contributed by atoms with E-state index in [0.29, 0.717) is 5.92 Å². The van der Waals surface area contributed by atoms with Crippen LogP contribution in [0, 0.1) is 5.92 Å². The zero-order chi connectivity index (χ0) is 10.7. The van der Waals surface area contributed by atoms with Crippen LogP contribution in [-0.2, 0) is 4.79 Å². The average molecular weight is 200 g/mol. The summed E-state index contributed by atoms with van der Waals surface area (Å²) in [6, 6.07) is 0.155. The van der Waals surface area contributed by atoms with Crippen LogP contribution in [-0.4, -0.2) is 60.6 Å². The third-order valence-electron chi connectivity index (χ3n) is 2.78. The van der Waals surface area contributed by atoms with E-state index in [-0.39, 0.29) is 12.5 Å². The minimum absolute atomic E-state index is 0.155. The molecule has 14 heavy (non-hydrogen) atoms. The van der Waals surface area contributed by atoms with Gasteiger partial charge in [0.15, 0.2) is 0 Å². The summed E-state index contributed by atoms with van der Waals surface area (Å²) in [5.74, 6) is -0.0893. The van der Waals surface area contributed by atoms with E-state index in [4.69, 9.17) is 5.11 Å². The van der Waals surface area contributed by atoms with Crippen LogP contribution in [0.3, 0.4) is 0 Å². The maximum absolute atomic E-state index is 10.7. The summed E-state index contributed by atoms with van der Waals surface area (Å²) in [4.78, 5) is 15.1. The normalized spacial score (nSPS) is 31.4. The van der Waals surface area contributed by atoms with Gasteiger partial charge in [0, 0.05) is 25.7 Å². The lowest BCUT2D eigenvalue weighted by Crippen LogP contribution is -2.39. The van der Waals surface area contributed by atoms with Crippen LogP contribution in [0.4, 0.5) is 0 Å². The van der Waals surface area contributed by atoms with Gasteiger partial charge in [-0.15, -0.1) is 0 Å². The third kappa shape index (κ3) is 3.27. The van der Waals surface area contributed by atoms with Gasteiger partial charge in [-0.1, -0.05) is 6.92 Å². The van der Waals surface area contributed by atoms with Gasteiger partial charge >= 0.3 is 5.97 Å². The zero-order valence-electron chi connectivity index (χ0n) is 9.23. The fraction of sp³-hybridized carbons (Fsp3) is 0.900. The third-order valence-corrected chi connectivity index (χ3v) is 2.78. The Bertz CT molecular complexity index is 208. The van der Waals surface area contributed by atoms with Crippen molar-refractivity contribution in [2.24, 2.45) is 5.92 Å². The molecular weight excluding hydrogens is 180 g/mol. The SMILES string of the molecule is CC1CN(C)CC(CC(=O)O)N(C)C1. The molecule has 0 radical (unpaired) electrons. The van der Waals surface area contributed by atoms with E-state index in [1.165, 1.54) is 0 Å². The molecular formula is C10H20N2O2. The molecule has 1 rings (SSSR count). The van der Waals surface area contributed by atoms with E-state index in [1.807, 2.05) is 7.05 Å². The summed E-state index contributed by atoms with van der Waals surface area (Å²) in [7, 11) is 4.08. The van der Waals surface area contributed by atoms with Crippen molar-refractivity contribution in [3.05, 3.63) is 0 Å². The Hall–Kier alpha value is -0.610. The van der Waals surface area contributed by atoms with E-state index in [1.54, 1.807) is 0 Å². The molecule has 0 spiro atoms. The van der Waals surface area contributed by atoms with Gasteiger partial charge in [-0.25, -0.2) is 0 Å². The minimum atomic E-state index is -0.704. The molecule has 4 nitrogen and oxygen atoms in total. The van der Waals surface area contributed by atoms with Crippen molar-refractivity contribution in [2.45, 2.75) is 19.4 Å². The summed E-state index contributed by atoms with van der Waals surface area (Å²) < 4.78 is 0. The van der Waals surface area contributed by atoms with Crippen LogP contribution in [0.2, 0.25) is 0 Å². The van der Waals surface area contributed by atoms with Crippen LogP contribution >= 0.6 is 0 Å².